The molecule has 1 aromatic rings. The molecule has 0 unspecified atom stereocenters. The number of ketones is 1. The van der Waals surface area contributed by atoms with Crippen molar-refractivity contribution in [1.29, 1.82) is 0 Å². The van der Waals surface area contributed by atoms with Crippen molar-refractivity contribution in [2.45, 2.75) is 13.3 Å². The number of fused-ring (bicyclic) bond motifs is 1. The molecule has 0 bridgehead atoms. The molecule has 0 saturated carbocycles. The Morgan fingerprint density at radius 3 is 2.75 bits per heavy atom. The van der Waals surface area contributed by atoms with Crippen LogP contribution < -0.4 is 4.90 Å². The van der Waals surface area contributed by atoms with Gasteiger partial charge < -0.3 is 4.74 Å². The molecule has 1 aromatic carbocycles. The summed E-state index contributed by atoms with van der Waals surface area (Å²) >= 11 is 0. The third kappa shape index (κ3) is 1.72. The summed E-state index contributed by atoms with van der Waals surface area (Å²) in [7, 11) is 0. The summed E-state index contributed by atoms with van der Waals surface area (Å²) in [5.41, 5.74) is 1.11. The average Bonchev–Trinajstić information content (AvgIpc) is 2.55. The van der Waals surface area contributed by atoms with Crippen LogP contribution in [-0.2, 0) is 9.53 Å². The Kier molecular flexibility index (Phi) is 3.01. The lowest BCUT2D eigenvalue weighted by Crippen LogP contribution is -2.32. The Balaban J connectivity index is 2.20. The molecule has 0 aromatic heterocycles. The molecule has 1 aliphatic rings. The number of amides is 1. The van der Waals surface area contributed by atoms with Crippen LogP contribution in [0.1, 0.15) is 23.7 Å². The third-order valence-corrected chi connectivity index (χ3v) is 2.45. The number of ether oxygens (including phenoxy) is 1. The summed E-state index contributed by atoms with van der Waals surface area (Å²) < 4.78 is 5.30. The van der Waals surface area contributed by atoms with Crippen molar-refractivity contribution in [3.8, 4) is 0 Å². The molecule has 0 N–H and O–H groups in total. The number of nitrogens with zero attached hydrogens (tertiary/aromatic N) is 1. The predicted molar refractivity (Wildman–Crippen MR) is 59.4 cm³/mol. The van der Waals surface area contributed by atoms with Crippen LogP contribution in [-0.4, -0.2) is 25.0 Å². The van der Waals surface area contributed by atoms with Gasteiger partial charge in [-0.1, -0.05) is 19.1 Å². The molecule has 16 heavy (non-hydrogen) atoms. The van der Waals surface area contributed by atoms with E-state index in [9.17, 15) is 9.59 Å². The van der Waals surface area contributed by atoms with Gasteiger partial charge in [-0.05, 0) is 18.6 Å². The second kappa shape index (κ2) is 4.45. The number of carbonyl (C=O) groups excluding carboxylic acids is 2. The number of hydrogen-bond acceptors (Lipinski definition) is 3. The molecular formula is C12H13NO3. The number of anilines is 1. The highest BCUT2D eigenvalue weighted by Gasteiger charge is 2.35. The summed E-state index contributed by atoms with van der Waals surface area (Å²) in [4.78, 5) is 24.6. The Morgan fingerprint density at radius 2 is 2.00 bits per heavy atom. The van der Waals surface area contributed by atoms with Crippen molar-refractivity contribution < 1.29 is 14.3 Å². The summed E-state index contributed by atoms with van der Waals surface area (Å²) in [5, 5.41) is 0. The number of carbonyl (C=O) groups is 2. The fraction of sp³-hybridized carbons (Fsp3) is 0.333. The lowest BCUT2D eigenvalue weighted by Gasteiger charge is -2.15. The molecule has 4 nitrogen and oxygen atoms in total. The molecule has 0 fully saturated rings. The fourth-order valence-corrected chi connectivity index (χ4v) is 1.68. The van der Waals surface area contributed by atoms with Gasteiger partial charge in [-0.15, -0.1) is 0 Å². The van der Waals surface area contributed by atoms with Crippen molar-refractivity contribution in [1.82, 2.24) is 0 Å². The van der Waals surface area contributed by atoms with Gasteiger partial charge in [0.15, 0.2) is 0 Å². The molecule has 84 valence electrons. The van der Waals surface area contributed by atoms with E-state index in [1.54, 1.807) is 24.3 Å². The smallest absolute Gasteiger partial charge is 0.301 e. The molecule has 4 heteroatoms. The summed E-state index contributed by atoms with van der Waals surface area (Å²) in [5.74, 6) is -0.951. The molecule has 1 amide bonds. The summed E-state index contributed by atoms with van der Waals surface area (Å²) in [6.45, 7) is 2.72. The molecule has 1 aliphatic heterocycles. The van der Waals surface area contributed by atoms with E-state index in [4.69, 9.17) is 4.74 Å². The first kappa shape index (κ1) is 10.8. The van der Waals surface area contributed by atoms with E-state index in [1.807, 2.05) is 6.92 Å². The molecule has 0 saturated heterocycles. The zero-order chi connectivity index (χ0) is 11.5. The van der Waals surface area contributed by atoms with Crippen molar-refractivity contribution in [2.75, 3.05) is 18.2 Å². The second-order valence-electron chi connectivity index (χ2n) is 3.62. The molecule has 0 aliphatic carbocycles. The zero-order valence-electron chi connectivity index (χ0n) is 9.10. The van der Waals surface area contributed by atoms with Crippen LogP contribution in [0, 0.1) is 0 Å². The van der Waals surface area contributed by atoms with Crippen LogP contribution in [0.3, 0.4) is 0 Å². The molecular weight excluding hydrogens is 206 g/mol. The first-order valence-electron chi connectivity index (χ1n) is 5.28. The lowest BCUT2D eigenvalue weighted by atomic mass is 10.1. The average molecular weight is 219 g/mol. The Hall–Kier alpha value is -1.68. The maximum atomic E-state index is 11.7. The van der Waals surface area contributed by atoms with E-state index >= 15 is 0 Å². The van der Waals surface area contributed by atoms with Gasteiger partial charge in [0, 0.05) is 6.61 Å². The second-order valence-corrected chi connectivity index (χ2v) is 3.62. The minimum absolute atomic E-state index is 0.148. The van der Waals surface area contributed by atoms with E-state index in [0.29, 0.717) is 17.9 Å². The Bertz CT molecular complexity index is 428. The number of rotatable bonds is 4. The third-order valence-electron chi connectivity index (χ3n) is 2.45. The van der Waals surface area contributed by atoms with Gasteiger partial charge in [0.25, 0.3) is 5.78 Å². The standard InChI is InChI=1S/C12H13NO3/c1-2-7-16-8-13-10-6-4-3-5-9(10)11(14)12(13)15/h3-6H,2,7-8H2,1H3. The largest absolute Gasteiger partial charge is 0.361 e. The van der Waals surface area contributed by atoms with Gasteiger partial charge in [0.05, 0.1) is 11.3 Å². The number of para-hydroxylation sites is 1. The minimum Gasteiger partial charge on any atom is -0.361 e. The van der Waals surface area contributed by atoms with Crippen molar-refractivity contribution in [3.05, 3.63) is 29.8 Å². The Morgan fingerprint density at radius 1 is 1.25 bits per heavy atom. The minimum atomic E-state index is -0.502. The first-order chi connectivity index (χ1) is 7.75. The quantitative estimate of drug-likeness (QED) is 0.570. The maximum absolute atomic E-state index is 11.7. The number of Topliss-reactive ketones (excluding diaryl/α,β-unsaturated/α-hetero) is 1. The Labute approximate surface area is 93.8 Å². The normalized spacial score (nSPS) is 14.4. The van der Waals surface area contributed by atoms with Gasteiger partial charge in [0.1, 0.15) is 6.73 Å². The van der Waals surface area contributed by atoms with Gasteiger partial charge in [-0.3, -0.25) is 14.5 Å². The van der Waals surface area contributed by atoms with Gasteiger partial charge in [0.2, 0.25) is 0 Å². The fourth-order valence-electron chi connectivity index (χ4n) is 1.68. The maximum Gasteiger partial charge on any atom is 0.301 e. The highest BCUT2D eigenvalue weighted by Crippen LogP contribution is 2.27. The number of hydrogen-bond donors (Lipinski definition) is 0. The molecule has 0 radical (unpaired) electrons. The van der Waals surface area contributed by atoms with Gasteiger partial charge in [-0.25, -0.2) is 0 Å². The van der Waals surface area contributed by atoms with Crippen LogP contribution in [0.15, 0.2) is 24.3 Å². The predicted octanol–water partition coefficient (Wildman–Crippen LogP) is 1.60. The van der Waals surface area contributed by atoms with Crippen molar-refractivity contribution >= 4 is 17.4 Å². The van der Waals surface area contributed by atoms with Crippen molar-refractivity contribution in [2.24, 2.45) is 0 Å². The topological polar surface area (TPSA) is 46.6 Å². The first-order valence-corrected chi connectivity index (χ1v) is 5.28. The van der Waals surface area contributed by atoms with Crippen LogP contribution in [0.25, 0.3) is 0 Å². The van der Waals surface area contributed by atoms with E-state index in [-0.39, 0.29) is 6.73 Å². The van der Waals surface area contributed by atoms with E-state index in [0.717, 1.165) is 6.42 Å². The zero-order valence-corrected chi connectivity index (χ0v) is 9.10. The van der Waals surface area contributed by atoms with Gasteiger partial charge >= 0.3 is 5.91 Å². The van der Waals surface area contributed by atoms with E-state index in [2.05, 4.69) is 0 Å². The van der Waals surface area contributed by atoms with Crippen LogP contribution in [0.4, 0.5) is 5.69 Å². The lowest BCUT2D eigenvalue weighted by molar-refractivity contribution is -0.115. The van der Waals surface area contributed by atoms with Crippen molar-refractivity contribution in [3.63, 3.8) is 0 Å². The summed E-state index contributed by atoms with van der Waals surface area (Å²) in [6, 6.07) is 6.97. The molecule has 1 heterocycles. The van der Waals surface area contributed by atoms with Crippen LogP contribution in [0.5, 0.6) is 0 Å². The van der Waals surface area contributed by atoms with Crippen LogP contribution >= 0.6 is 0 Å². The molecule has 0 spiro atoms. The molecule has 0 atom stereocenters. The van der Waals surface area contributed by atoms with E-state index in [1.165, 1.54) is 4.90 Å². The number of benzene rings is 1. The SMILES string of the molecule is CCCOCN1C(=O)C(=O)c2ccccc21. The van der Waals surface area contributed by atoms with Crippen LogP contribution in [0.2, 0.25) is 0 Å². The highest BCUT2D eigenvalue weighted by molar-refractivity contribution is 6.52. The highest BCUT2D eigenvalue weighted by atomic mass is 16.5. The molecule has 2 rings (SSSR count). The van der Waals surface area contributed by atoms with E-state index < -0.39 is 11.7 Å². The van der Waals surface area contributed by atoms with Gasteiger partial charge in [-0.2, -0.15) is 0 Å². The summed E-state index contributed by atoms with van der Waals surface area (Å²) in [6.07, 6.45) is 0.887. The monoisotopic (exact) mass is 219 g/mol.